The van der Waals surface area contributed by atoms with E-state index in [4.69, 9.17) is 11.6 Å². The Morgan fingerprint density at radius 1 is 1.64 bits per heavy atom. The number of nitrogens with zero attached hydrogens (tertiary/aromatic N) is 1. The first-order chi connectivity index (χ1) is 6.50. The molecule has 1 aromatic rings. The largest absolute Gasteiger partial charge is 0.346 e. The molecular weight excluding hydrogens is 220 g/mol. The van der Waals surface area contributed by atoms with E-state index in [0.717, 1.165) is 10.7 Å². The highest BCUT2D eigenvalue weighted by Crippen LogP contribution is 2.16. The molecule has 0 radical (unpaired) electrons. The topological polar surface area (TPSA) is 42.0 Å². The van der Waals surface area contributed by atoms with Gasteiger partial charge in [-0.25, -0.2) is 4.98 Å². The summed E-state index contributed by atoms with van der Waals surface area (Å²) in [6, 6.07) is 0. The van der Waals surface area contributed by atoms with Crippen molar-refractivity contribution in [2.24, 2.45) is 0 Å². The lowest BCUT2D eigenvalue weighted by Crippen LogP contribution is -2.24. The summed E-state index contributed by atoms with van der Waals surface area (Å²) in [5.74, 6) is -0.144. The van der Waals surface area contributed by atoms with Crippen LogP contribution in [0.4, 0.5) is 0 Å². The number of aromatic nitrogens is 1. The van der Waals surface area contributed by atoms with Gasteiger partial charge >= 0.3 is 0 Å². The van der Waals surface area contributed by atoms with E-state index in [0.29, 0.717) is 9.91 Å². The molecule has 14 heavy (non-hydrogen) atoms. The summed E-state index contributed by atoms with van der Waals surface area (Å²) < 4.78 is 0. The van der Waals surface area contributed by atoms with Crippen molar-refractivity contribution in [3.8, 4) is 0 Å². The molecule has 0 aliphatic rings. The summed E-state index contributed by atoms with van der Waals surface area (Å²) >= 11 is 6.91. The minimum atomic E-state index is -0.144. The average Bonchev–Trinajstić information content (AvgIpc) is 2.41. The van der Waals surface area contributed by atoms with Crippen molar-refractivity contribution in [1.82, 2.24) is 10.3 Å². The zero-order valence-electron chi connectivity index (χ0n) is 8.06. The van der Waals surface area contributed by atoms with E-state index < -0.39 is 0 Å². The van der Waals surface area contributed by atoms with Crippen LogP contribution in [0.5, 0.6) is 0 Å². The second kappa shape index (κ2) is 4.57. The predicted octanol–water partition coefficient (Wildman–Crippen LogP) is 2.24. The molecule has 0 aliphatic carbocycles. The third-order valence-electron chi connectivity index (χ3n) is 1.55. The highest BCUT2D eigenvalue weighted by Gasteiger charge is 2.12. The molecule has 5 heteroatoms. The molecule has 1 heterocycles. The van der Waals surface area contributed by atoms with Crippen molar-refractivity contribution in [3.63, 3.8) is 0 Å². The van der Waals surface area contributed by atoms with Crippen molar-refractivity contribution in [3.05, 3.63) is 27.2 Å². The SMILES string of the molecule is C=C(Cl)CNC(=O)c1sc(C)nc1C. The molecule has 0 aliphatic heterocycles. The zero-order valence-corrected chi connectivity index (χ0v) is 9.63. The Morgan fingerprint density at radius 3 is 2.71 bits per heavy atom. The lowest BCUT2D eigenvalue weighted by atomic mass is 10.4. The minimum absolute atomic E-state index is 0.144. The van der Waals surface area contributed by atoms with Crippen LogP contribution in [0, 0.1) is 13.8 Å². The van der Waals surface area contributed by atoms with Gasteiger partial charge < -0.3 is 5.32 Å². The van der Waals surface area contributed by atoms with Crippen LogP contribution in [-0.4, -0.2) is 17.4 Å². The number of hydrogen-bond donors (Lipinski definition) is 1. The maximum absolute atomic E-state index is 11.5. The average molecular weight is 231 g/mol. The molecule has 3 nitrogen and oxygen atoms in total. The van der Waals surface area contributed by atoms with Gasteiger partial charge in [0.1, 0.15) is 4.88 Å². The fourth-order valence-electron chi connectivity index (χ4n) is 0.998. The third-order valence-corrected chi connectivity index (χ3v) is 2.76. The van der Waals surface area contributed by atoms with Gasteiger partial charge in [0.25, 0.3) is 5.91 Å². The molecule has 1 N–H and O–H groups in total. The Hall–Kier alpha value is -0.870. The number of rotatable bonds is 3. The fourth-order valence-corrected chi connectivity index (χ4v) is 1.90. The second-order valence-corrected chi connectivity index (χ2v) is 4.59. The maximum Gasteiger partial charge on any atom is 0.263 e. The minimum Gasteiger partial charge on any atom is -0.346 e. The van der Waals surface area contributed by atoms with Gasteiger partial charge in [0.15, 0.2) is 0 Å². The number of halogens is 1. The van der Waals surface area contributed by atoms with Crippen LogP contribution in [0.25, 0.3) is 0 Å². The van der Waals surface area contributed by atoms with Crippen molar-refractivity contribution >= 4 is 28.8 Å². The molecule has 1 aromatic heterocycles. The Kier molecular flexibility index (Phi) is 3.66. The number of carbonyl (C=O) groups is 1. The Morgan fingerprint density at radius 2 is 2.29 bits per heavy atom. The summed E-state index contributed by atoms with van der Waals surface area (Å²) in [7, 11) is 0. The lowest BCUT2D eigenvalue weighted by molar-refractivity contribution is 0.0961. The van der Waals surface area contributed by atoms with Gasteiger partial charge in [-0.3, -0.25) is 4.79 Å². The van der Waals surface area contributed by atoms with Crippen LogP contribution in [-0.2, 0) is 0 Å². The lowest BCUT2D eigenvalue weighted by Gasteiger charge is -2.01. The molecule has 0 bridgehead atoms. The van der Waals surface area contributed by atoms with Gasteiger partial charge in [-0.1, -0.05) is 18.2 Å². The van der Waals surface area contributed by atoms with Crippen molar-refractivity contribution < 1.29 is 4.79 Å². The number of carbonyl (C=O) groups excluding carboxylic acids is 1. The van der Waals surface area contributed by atoms with Gasteiger partial charge in [-0.15, -0.1) is 11.3 Å². The number of thiazole rings is 1. The number of hydrogen-bond acceptors (Lipinski definition) is 3. The van der Waals surface area contributed by atoms with Gasteiger partial charge in [0.05, 0.1) is 17.2 Å². The molecule has 1 amide bonds. The Balaban J connectivity index is 2.69. The monoisotopic (exact) mass is 230 g/mol. The van der Waals surface area contributed by atoms with Crippen molar-refractivity contribution in [1.29, 1.82) is 0 Å². The van der Waals surface area contributed by atoms with Gasteiger partial charge in [0, 0.05) is 5.03 Å². The van der Waals surface area contributed by atoms with Crippen LogP contribution in [0.1, 0.15) is 20.4 Å². The molecule has 76 valence electrons. The third kappa shape index (κ3) is 2.82. The normalized spacial score (nSPS) is 9.93. The number of nitrogens with one attached hydrogen (secondary N) is 1. The molecule has 0 spiro atoms. The molecule has 0 saturated carbocycles. The molecule has 0 unspecified atom stereocenters. The van der Waals surface area contributed by atoms with Crippen LogP contribution in [0.2, 0.25) is 0 Å². The fraction of sp³-hybridized carbons (Fsp3) is 0.333. The van der Waals surface area contributed by atoms with E-state index in [1.807, 2.05) is 13.8 Å². The van der Waals surface area contributed by atoms with E-state index in [-0.39, 0.29) is 12.5 Å². The molecule has 0 saturated heterocycles. The van der Waals surface area contributed by atoms with E-state index >= 15 is 0 Å². The van der Waals surface area contributed by atoms with Crippen LogP contribution in [0.3, 0.4) is 0 Å². The van der Waals surface area contributed by atoms with E-state index in [1.165, 1.54) is 11.3 Å². The predicted molar refractivity (Wildman–Crippen MR) is 58.9 cm³/mol. The van der Waals surface area contributed by atoms with E-state index in [2.05, 4.69) is 16.9 Å². The summed E-state index contributed by atoms with van der Waals surface area (Å²) in [6.07, 6.45) is 0. The first-order valence-electron chi connectivity index (χ1n) is 4.06. The standard InChI is InChI=1S/C9H11ClN2OS/c1-5(10)4-11-9(13)8-6(2)12-7(3)14-8/h1,4H2,2-3H3,(H,11,13). The zero-order chi connectivity index (χ0) is 10.7. The summed E-state index contributed by atoms with van der Waals surface area (Å²) in [5, 5.41) is 3.95. The van der Waals surface area contributed by atoms with Gasteiger partial charge in [-0.05, 0) is 13.8 Å². The Bertz CT molecular complexity index is 373. The first-order valence-corrected chi connectivity index (χ1v) is 5.25. The summed E-state index contributed by atoms with van der Waals surface area (Å²) in [6.45, 7) is 7.46. The number of amides is 1. The molecule has 0 atom stereocenters. The summed E-state index contributed by atoms with van der Waals surface area (Å²) in [4.78, 5) is 16.3. The highest BCUT2D eigenvalue weighted by atomic mass is 35.5. The van der Waals surface area contributed by atoms with Crippen LogP contribution >= 0.6 is 22.9 Å². The van der Waals surface area contributed by atoms with Gasteiger partial charge in [0.2, 0.25) is 0 Å². The van der Waals surface area contributed by atoms with Crippen LogP contribution in [0.15, 0.2) is 11.6 Å². The molecule has 0 fully saturated rings. The summed E-state index contributed by atoms with van der Waals surface area (Å²) in [5.41, 5.74) is 0.755. The first kappa shape index (κ1) is 11.2. The Labute approximate surface area is 91.8 Å². The molecular formula is C9H11ClN2OS. The van der Waals surface area contributed by atoms with E-state index in [9.17, 15) is 4.79 Å². The van der Waals surface area contributed by atoms with Gasteiger partial charge in [-0.2, -0.15) is 0 Å². The maximum atomic E-state index is 11.5. The second-order valence-electron chi connectivity index (χ2n) is 2.85. The quantitative estimate of drug-likeness (QED) is 0.866. The van der Waals surface area contributed by atoms with Crippen molar-refractivity contribution in [2.45, 2.75) is 13.8 Å². The van der Waals surface area contributed by atoms with Crippen LogP contribution < -0.4 is 5.32 Å². The van der Waals surface area contributed by atoms with Crippen molar-refractivity contribution in [2.75, 3.05) is 6.54 Å². The molecule has 1 rings (SSSR count). The molecule has 0 aromatic carbocycles. The van der Waals surface area contributed by atoms with E-state index in [1.54, 1.807) is 0 Å². The number of aryl methyl sites for hydroxylation is 2. The smallest absolute Gasteiger partial charge is 0.263 e. The highest BCUT2D eigenvalue weighted by molar-refractivity contribution is 7.13.